The van der Waals surface area contributed by atoms with Crippen molar-refractivity contribution in [1.82, 2.24) is 0 Å². The molecule has 4 nitrogen and oxygen atoms in total. The fourth-order valence-electron chi connectivity index (χ4n) is 1.74. The second-order valence-corrected chi connectivity index (χ2v) is 3.99. The van der Waals surface area contributed by atoms with Crippen molar-refractivity contribution < 1.29 is 9.31 Å². The van der Waals surface area contributed by atoms with Crippen LogP contribution in [0.15, 0.2) is 48.5 Å². The van der Waals surface area contributed by atoms with Crippen LogP contribution in [0.5, 0.6) is 0 Å². The van der Waals surface area contributed by atoms with E-state index < -0.39 is 10.7 Å². The summed E-state index contributed by atoms with van der Waals surface area (Å²) in [6, 6.07) is 13.5. The number of hydrogen-bond donors (Lipinski definition) is 0. The van der Waals surface area contributed by atoms with Gasteiger partial charge in [-0.05, 0) is 29.8 Å². The standard InChI is InChI=1S/C15H9FN2O2/c16-14-7-5-11(6-8-14)13(10-17)9-12-3-1-2-4-15(12)18(19)20/h1-9H. The van der Waals surface area contributed by atoms with Gasteiger partial charge < -0.3 is 0 Å². The van der Waals surface area contributed by atoms with Crippen molar-refractivity contribution in [2.45, 2.75) is 0 Å². The maximum Gasteiger partial charge on any atom is 0.276 e. The molecular formula is C15H9FN2O2. The third-order valence-corrected chi connectivity index (χ3v) is 2.71. The first-order valence-corrected chi connectivity index (χ1v) is 5.73. The largest absolute Gasteiger partial charge is 0.276 e. The maximum atomic E-state index is 12.9. The molecule has 2 aromatic carbocycles. The Hall–Kier alpha value is -3.00. The predicted molar refractivity (Wildman–Crippen MR) is 73.0 cm³/mol. The number of nitro benzene ring substituents is 1. The zero-order valence-electron chi connectivity index (χ0n) is 10.3. The molecule has 0 saturated carbocycles. The highest BCUT2D eigenvalue weighted by atomic mass is 19.1. The van der Waals surface area contributed by atoms with E-state index in [0.29, 0.717) is 11.1 Å². The molecule has 0 N–H and O–H groups in total. The Bertz CT molecular complexity index is 715. The zero-order chi connectivity index (χ0) is 14.5. The van der Waals surface area contributed by atoms with Crippen LogP contribution in [0.25, 0.3) is 11.6 Å². The normalized spacial score (nSPS) is 10.9. The van der Waals surface area contributed by atoms with Gasteiger partial charge in [-0.15, -0.1) is 0 Å². The highest BCUT2D eigenvalue weighted by molar-refractivity contribution is 5.91. The molecule has 0 aromatic heterocycles. The van der Waals surface area contributed by atoms with E-state index in [4.69, 9.17) is 5.26 Å². The van der Waals surface area contributed by atoms with E-state index in [1.165, 1.54) is 36.4 Å². The molecule has 0 fully saturated rings. The molecule has 0 heterocycles. The van der Waals surface area contributed by atoms with E-state index in [9.17, 15) is 14.5 Å². The number of rotatable bonds is 3. The number of hydrogen-bond acceptors (Lipinski definition) is 3. The zero-order valence-corrected chi connectivity index (χ0v) is 10.3. The van der Waals surface area contributed by atoms with Crippen LogP contribution in [0.4, 0.5) is 10.1 Å². The summed E-state index contributed by atoms with van der Waals surface area (Å²) in [5, 5.41) is 20.1. The first-order chi connectivity index (χ1) is 9.61. The van der Waals surface area contributed by atoms with Gasteiger partial charge in [-0.1, -0.05) is 24.3 Å². The monoisotopic (exact) mass is 268 g/mol. The van der Waals surface area contributed by atoms with Crippen molar-refractivity contribution in [2.24, 2.45) is 0 Å². The average Bonchev–Trinajstić information content (AvgIpc) is 2.46. The molecular weight excluding hydrogens is 259 g/mol. The minimum absolute atomic E-state index is 0.0811. The van der Waals surface area contributed by atoms with E-state index >= 15 is 0 Å². The van der Waals surface area contributed by atoms with E-state index in [0.717, 1.165) is 0 Å². The molecule has 5 heteroatoms. The summed E-state index contributed by atoms with van der Waals surface area (Å²) < 4.78 is 12.9. The average molecular weight is 268 g/mol. The summed E-state index contributed by atoms with van der Waals surface area (Å²) in [5.74, 6) is -0.406. The van der Waals surface area contributed by atoms with Crippen LogP contribution in [-0.4, -0.2) is 4.92 Å². The van der Waals surface area contributed by atoms with Crippen LogP contribution in [0.1, 0.15) is 11.1 Å². The number of benzene rings is 2. The van der Waals surface area contributed by atoms with Crippen molar-refractivity contribution in [3.8, 4) is 6.07 Å². The van der Waals surface area contributed by atoms with Crippen LogP contribution >= 0.6 is 0 Å². The Morgan fingerprint density at radius 2 is 1.85 bits per heavy atom. The third-order valence-electron chi connectivity index (χ3n) is 2.71. The number of halogens is 1. The van der Waals surface area contributed by atoms with Gasteiger partial charge in [0.2, 0.25) is 0 Å². The molecule has 0 unspecified atom stereocenters. The number of para-hydroxylation sites is 1. The fraction of sp³-hybridized carbons (Fsp3) is 0. The molecule has 2 rings (SSSR count). The molecule has 2 aromatic rings. The Labute approximate surface area is 114 Å². The van der Waals surface area contributed by atoms with Gasteiger partial charge in [-0.25, -0.2) is 4.39 Å². The fourth-order valence-corrected chi connectivity index (χ4v) is 1.74. The minimum atomic E-state index is -0.508. The SMILES string of the molecule is N#CC(=Cc1ccccc1[N+](=O)[O-])c1ccc(F)cc1. The lowest BCUT2D eigenvalue weighted by Crippen LogP contribution is -1.91. The van der Waals surface area contributed by atoms with Gasteiger partial charge in [-0.3, -0.25) is 10.1 Å². The Kier molecular flexibility index (Phi) is 3.87. The highest BCUT2D eigenvalue weighted by Gasteiger charge is 2.11. The molecule has 0 bridgehead atoms. The highest BCUT2D eigenvalue weighted by Crippen LogP contribution is 2.24. The molecule has 0 aliphatic heterocycles. The van der Waals surface area contributed by atoms with E-state index in [1.807, 2.05) is 6.07 Å². The van der Waals surface area contributed by atoms with Crippen LogP contribution in [0.3, 0.4) is 0 Å². The number of nitriles is 1. The predicted octanol–water partition coefficient (Wildman–Crippen LogP) is 3.80. The smallest absolute Gasteiger partial charge is 0.258 e. The molecule has 0 aliphatic rings. The molecule has 0 spiro atoms. The lowest BCUT2D eigenvalue weighted by molar-refractivity contribution is -0.385. The lowest BCUT2D eigenvalue weighted by Gasteiger charge is -2.01. The Morgan fingerprint density at radius 3 is 2.45 bits per heavy atom. The van der Waals surface area contributed by atoms with E-state index in [1.54, 1.807) is 18.2 Å². The van der Waals surface area contributed by atoms with Gasteiger partial charge in [0.1, 0.15) is 5.82 Å². The van der Waals surface area contributed by atoms with Gasteiger partial charge >= 0.3 is 0 Å². The summed E-state index contributed by atoms with van der Waals surface area (Å²) >= 11 is 0. The molecule has 20 heavy (non-hydrogen) atoms. The summed E-state index contributed by atoms with van der Waals surface area (Å²) in [7, 11) is 0. The Balaban J connectivity index is 2.50. The molecule has 0 aliphatic carbocycles. The van der Waals surface area contributed by atoms with Crippen molar-refractivity contribution in [3.05, 3.63) is 75.6 Å². The van der Waals surface area contributed by atoms with Crippen LogP contribution in [0, 0.1) is 27.3 Å². The van der Waals surface area contributed by atoms with E-state index in [2.05, 4.69) is 0 Å². The van der Waals surface area contributed by atoms with Crippen LogP contribution in [0.2, 0.25) is 0 Å². The van der Waals surface area contributed by atoms with E-state index in [-0.39, 0.29) is 11.3 Å². The van der Waals surface area contributed by atoms with Gasteiger partial charge in [0.15, 0.2) is 0 Å². The molecule has 0 radical (unpaired) electrons. The Morgan fingerprint density at radius 1 is 1.20 bits per heavy atom. The third kappa shape index (κ3) is 2.87. The van der Waals surface area contributed by atoms with Crippen molar-refractivity contribution in [2.75, 3.05) is 0 Å². The summed E-state index contributed by atoms with van der Waals surface area (Å²) in [4.78, 5) is 10.4. The maximum absolute atomic E-state index is 12.9. The first-order valence-electron chi connectivity index (χ1n) is 5.73. The number of nitro groups is 1. The molecule has 98 valence electrons. The summed E-state index contributed by atoms with van der Waals surface area (Å²) in [6.45, 7) is 0. The number of allylic oxidation sites excluding steroid dienone is 1. The van der Waals surface area contributed by atoms with Crippen LogP contribution in [-0.2, 0) is 0 Å². The van der Waals surface area contributed by atoms with Gasteiger partial charge in [-0.2, -0.15) is 5.26 Å². The topological polar surface area (TPSA) is 66.9 Å². The first kappa shape index (κ1) is 13.4. The quantitative estimate of drug-likeness (QED) is 0.368. The molecule has 0 saturated heterocycles. The van der Waals surface area contributed by atoms with Gasteiger partial charge in [0.05, 0.1) is 22.1 Å². The molecule has 0 atom stereocenters. The minimum Gasteiger partial charge on any atom is -0.258 e. The second-order valence-electron chi connectivity index (χ2n) is 3.99. The summed E-state index contributed by atoms with van der Waals surface area (Å²) in [6.07, 6.45) is 1.42. The second kappa shape index (κ2) is 5.76. The van der Waals surface area contributed by atoms with Gasteiger partial charge in [0, 0.05) is 6.07 Å². The van der Waals surface area contributed by atoms with Gasteiger partial charge in [0.25, 0.3) is 5.69 Å². The lowest BCUT2D eigenvalue weighted by atomic mass is 10.0. The van der Waals surface area contributed by atoms with Crippen molar-refractivity contribution in [3.63, 3.8) is 0 Å². The molecule has 0 amide bonds. The van der Waals surface area contributed by atoms with Crippen molar-refractivity contribution >= 4 is 17.3 Å². The van der Waals surface area contributed by atoms with Crippen LogP contribution < -0.4 is 0 Å². The van der Waals surface area contributed by atoms with Crippen molar-refractivity contribution in [1.29, 1.82) is 5.26 Å². The number of nitrogens with zero attached hydrogens (tertiary/aromatic N) is 2. The summed E-state index contributed by atoms with van der Waals surface area (Å²) in [5.41, 5.74) is 0.993.